The van der Waals surface area contributed by atoms with Gasteiger partial charge in [-0.1, -0.05) is 60.7 Å². The van der Waals surface area contributed by atoms with E-state index in [4.69, 9.17) is 0 Å². The van der Waals surface area contributed by atoms with E-state index < -0.39 is 0 Å². The molecule has 0 saturated carbocycles. The van der Waals surface area contributed by atoms with Crippen molar-refractivity contribution in [3.63, 3.8) is 0 Å². The monoisotopic (exact) mass is 372 g/mol. The van der Waals surface area contributed by atoms with E-state index in [0.29, 0.717) is 18.4 Å². The van der Waals surface area contributed by atoms with Gasteiger partial charge in [-0.2, -0.15) is 0 Å². The van der Waals surface area contributed by atoms with Crippen molar-refractivity contribution in [1.29, 1.82) is 0 Å². The first kappa shape index (κ1) is 20.5. The van der Waals surface area contributed by atoms with Crippen LogP contribution < -0.4 is 10.6 Å². The van der Waals surface area contributed by atoms with Gasteiger partial charge < -0.3 is 10.6 Å². The second-order valence-electron chi connectivity index (χ2n) is 7.05. The number of nitrogens with one attached hydrogen (secondary N) is 2. The number of halogens is 1. The van der Waals surface area contributed by atoms with Crippen molar-refractivity contribution in [1.82, 2.24) is 10.6 Å². The summed E-state index contributed by atoms with van der Waals surface area (Å²) in [5.74, 6) is 0.492. The zero-order chi connectivity index (χ0) is 17.3. The molecule has 3 nitrogen and oxygen atoms in total. The highest BCUT2D eigenvalue weighted by Crippen LogP contribution is 2.18. The molecule has 1 aliphatic heterocycles. The van der Waals surface area contributed by atoms with E-state index in [-0.39, 0.29) is 18.3 Å². The molecule has 0 bridgehead atoms. The number of carbonyl (C=O) groups excluding carboxylic acids is 1. The van der Waals surface area contributed by atoms with Crippen molar-refractivity contribution >= 4 is 18.3 Å². The number of carbonyl (C=O) groups is 1. The van der Waals surface area contributed by atoms with Crippen LogP contribution in [-0.2, 0) is 17.6 Å². The molecule has 2 aromatic carbocycles. The average Bonchev–Trinajstić information content (AvgIpc) is 3.15. The van der Waals surface area contributed by atoms with Gasteiger partial charge in [-0.3, -0.25) is 4.79 Å². The molecule has 1 saturated heterocycles. The predicted molar refractivity (Wildman–Crippen MR) is 110 cm³/mol. The lowest BCUT2D eigenvalue weighted by molar-refractivity contribution is -0.122. The summed E-state index contributed by atoms with van der Waals surface area (Å²) in [7, 11) is 0. The molecule has 1 unspecified atom stereocenters. The van der Waals surface area contributed by atoms with Gasteiger partial charge in [0.2, 0.25) is 5.91 Å². The molecule has 2 aromatic rings. The van der Waals surface area contributed by atoms with Crippen LogP contribution in [0.3, 0.4) is 0 Å². The molecule has 3 rings (SSSR count). The molecule has 0 aromatic heterocycles. The fourth-order valence-corrected chi connectivity index (χ4v) is 3.61. The number of hydrogen-bond acceptors (Lipinski definition) is 2. The Labute approximate surface area is 163 Å². The quantitative estimate of drug-likeness (QED) is 0.740. The summed E-state index contributed by atoms with van der Waals surface area (Å²) in [5.41, 5.74) is 2.60. The third kappa shape index (κ3) is 6.81. The van der Waals surface area contributed by atoms with Crippen molar-refractivity contribution in [2.24, 2.45) is 5.92 Å². The highest BCUT2D eigenvalue weighted by molar-refractivity contribution is 5.85. The van der Waals surface area contributed by atoms with Crippen molar-refractivity contribution < 1.29 is 4.79 Å². The zero-order valence-electron chi connectivity index (χ0n) is 15.2. The summed E-state index contributed by atoms with van der Waals surface area (Å²) in [6, 6.07) is 21.4. The van der Waals surface area contributed by atoms with Gasteiger partial charge in [-0.25, -0.2) is 0 Å². The number of rotatable bonds is 8. The Morgan fingerprint density at radius 2 is 1.58 bits per heavy atom. The van der Waals surface area contributed by atoms with Crippen molar-refractivity contribution in [2.75, 3.05) is 13.1 Å². The average molecular weight is 373 g/mol. The lowest BCUT2D eigenvalue weighted by Crippen LogP contribution is -2.38. The van der Waals surface area contributed by atoms with Crippen LogP contribution in [-0.4, -0.2) is 25.0 Å². The Hall–Kier alpha value is -1.84. The first-order valence-electron chi connectivity index (χ1n) is 9.37. The first-order valence-corrected chi connectivity index (χ1v) is 9.37. The van der Waals surface area contributed by atoms with Crippen LogP contribution in [0.1, 0.15) is 30.4 Å². The lowest BCUT2D eigenvalue weighted by atomic mass is 9.89. The fraction of sp³-hybridized carbons (Fsp3) is 0.409. The standard InChI is InChI=1S/C22H28N2O.ClH/c25-22(24-17-21-12-7-13-23-21)16-20(14-18-8-3-1-4-9-18)15-19-10-5-2-6-11-19;/h1-6,8-11,20-21,23H,7,12-17H2,(H,24,25);1H. The topological polar surface area (TPSA) is 41.1 Å². The second kappa shape index (κ2) is 11.0. The van der Waals surface area contributed by atoms with Gasteiger partial charge in [0.05, 0.1) is 0 Å². The number of benzene rings is 2. The van der Waals surface area contributed by atoms with Gasteiger partial charge in [-0.15, -0.1) is 12.4 Å². The van der Waals surface area contributed by atoms with Gasteiger partial charge in [0.1, 0.15) is 0 Å². The molecule has 0 radical (unpaired) electrons. The first-order chi connectivity index (χ1) is 12.3. The maximum Gasteiger partial charge on any atom is 0.220 e. The maximum atomic E-state index is 12.5. The van der Waals surface area contributed by atoms with Crippen LogP contribution in [0.15, 0.2) is 60.7 Å². The van der Waals surface area contributed by atoms with Crippen LogP contribution in [0.2, 0.25) is 0 Å². The zero-order valence-corrected chi connectivity index (χ0v) is 16.0. The molecule has 1 amide bonds. The van der Waals surface area contributed by atoms with Gasteiger partial charge in [0, 0.05) is 19.0 Å². The third-order valence-corrected chi connectivity index (χ3v) is 4.92. The molecule has 0 aliphatic carbocycles. The predicted octanol–water partition coefficient (Wildman–Crippen LogP) is 3.77. The van der Waals surface area contributed by atoms with E-state index >= 15 is 0 Å². The van der Waals surface area contributed by atoms with Crippen molar-refractivity contribution in [3.8, 4) is 0 Å². The summed E-state index contributed by atoms with van der Waals surface area (Å²) in [6.07, 6.45) is 4.83. The summed E-state index contributed by atoms with van der Waals surface area (Å²) in [6.45, 7) is 1.83. The lowest BCUT2D eigenvalue weighted by Gasteiger charge is -2.18. The Kier molecular flexibility index (Phi) is 8.66. The highest BCUT2D eigenvalue weighted by atomic mass is 35.5. The normalized spacial score (nSPS) is 16.3. The molecule has 26 heavy (non-hydrogen) atoms. The van der Waals surface area contributed by atoms with Crippen LogP contribution in [0.4, 0.5) is 0 Å². The van der Waals surface area contributed by atoms with E-state index in [9.17, 15) is 4.79 Å². The van der Waals surface area contributed by atoms with E-state index in [1.165, 1.54) is 17.5 Å². The van der Waals surface area contributed by atoms with E-state index in [0.717, 1.165) is 32.4 Å². The Balaban J connectivity index is 0.00000243. The molecule has 1 atom stereocenters. The maximum absolute atomic E-state index is 12.5. The summed E-state index contributed by atoms with van der Waals surface area (Å²) >= 11 is 0. The van der Waals surface area contributed by atoms with Crippen LogP contribution >= 0.6 is 12.4 Å². The summed E-state index contributed by atoms with van der Waals surface area (Å²) < 4.78 is 0. The Morgan fingerprint density at radius 3 is 2.08 bits per heavy atom. The van der Waals surface area contributed by atoms with Crippen molar-refractivity contribution in [2.45, 2.75) is 38.1 Å². The molecule has 4 heteroatoms. The minimum Gasteiger partial charge on any atom is -0.355 e. The summed E-state index contributed by atoms with van der Waals surface area (Å²) in [4.78, 5) is 12.5. The molecule has 0 spiro atoms. The third-order valence-electron chi connectivity index (χ3n) is 4.92. The van der Waals surface area contributed by atoms with Crippen LogP contribution in [0, 0.1) is 5.92 Å². The largest absolute Gasteiger partial charge is 0.355 e. The van der Waals surface area contributed by atoms with Crippen molar-refractivity contribution in [3.05, 3.63) is 71.8 Å². The molecular formula is C22H29ClN2O. The fourth-order valence-electron chi connectivity index (χ4n) is 3.61. The minimum atomic E-state index is 0. The van der Waals surface area contributed by atoms with E-state index in [1.807, 2.05) is 12.1 Å². The van der Waals surface area contributed by atoms with Gasteiger partial charge in [0.15, 0.2) is 0 Å². The van der Waals surface area contributed by atoms with E-state index in [2.05, 4.69) is 59.2 Å². The number of amides is 1. The number of hydrogen-bond donors (Lipinski definition) is 2. The smallest absolute Gasteiger partial charge is 0.220 e. The van der Waals surface area contributed by atoms with Crippen LogP contribution in [0.25, 0.3) is 0 Å². The highest BCUT2D eigenvalue weighted by Gasteiger charge is 2.18. The van der Waals surface area contributed by atoms with Gasteiger partial charge >= 0.3 is 0 Å². The summed E-state index contributed by atoms with van der Waals surface area (Å²) in [5, 5.41) is 6.56. The minimum absolute atomic E-state index is 0. The molecular weight excluding hydrogens is 344 g/mol. The van der Waals surface area contributed by atoms with Gasteiger partial charge in [-0.05, 0) is 49.3 Å². The molecule has 1 fully saturated rings. The molecule has 1 heterocycles. The Bertz CT molecular complexity index is 600. The van der Waals surface area contributed by atoms with Crippen LogP contribution in [0.5, 0.6) is 0 Å². The molecule has 2 N–H and O–H groups in total. The SMILES string of the molecule is Cl.O=C(CC(Cc1ccccc1)Cc1ccccc1)NCC1CCCN1. The Morgan fingerprint density at radius 1 is 1.00 bits per heavy atom. The van der Waals surface area contributed by atoms with Gasteiger partial charge in [0.25, 0.3) is 0 Å². The second-order valence-corrected chi connectivity index (χ2v) is 7.05. The molecule has 1 aliphatic rings. The van der Waals surface area contributed by atoms with E-state index in [1.54, 1.807) is 0 Å². The molecule has 140 valence electrons.